The van der Waals surface area contributed by atoms with E-state index in [0.29, 0.717) is 24.5 Å². The number of furan rings is 1. The Hall–Kier alpha value is -2.81. The fourth-order valence-corrected chi connectivity index (χ4v) is 4.47. The molecule has 0 aliphatic carbocycles. The molecule has 2 saturated heterocycles. The van der Waals surface area contributed by atoms with Crippen LogP contribution in [0.1, 0.15) is 23.8 Å². The number of quaternary nitrogens is 1. The first-order valence-electron chi connectivity index (χ1n) is 10.6. The molecule has 1 N–H and O–H groups in total. The zero-order chi connectivity index (χ0) is 22.7. The first-order chi connectivity index (χ1) is 15.5. The lowest BCUT2D eigenvalue weighted by molar-refractivity contribution is -0.908. The molecule has 2 aromatic rings. The van der Waals surface area contributed by atoms with E-state index in [-0.39, 0.29) is 16.2 Å². The third kappa shape index (κ3) is 4.39. The second kappa shape index (κ2) is 9.77. The van der Waals surface area contributed by atoms with Gasteiger partial charge in [0.1, 0.15) is 30.6 Å². The van der Waals surface area contributed by atoms with Gasteiger partial charge in [-0.25, -0.2) is 0 Å². The second-order valence-electron chi connectivity index (χ2n) is 7.80. The van der Waals surface area contributed by atoms with Crippen molar-refractivity contribution in [2.75, 3.05) is 46.5 Å². The van der Waals surface area contributed by atoms with E-state index in [1.165, 1.54) is 35.3 Å². The van der Waals surface area contributed by atoms with E-state index in [2.05, 4.69) is 0 Å². The minimum Gasteiger partial charge on any atom is -0.872 e. The van der Waals surface area contributed by atoms with E-state index in [1.807, 2.05) is 0 Å². The summed E-state index contributed by atoms with van der Waals surface area (Å²) in [5.41, 5.74) is 0.0908. The molecule has 1 aromatic heterocycles. The summed E-state index contributed by atoms with van der Waals surface area (Å²) in [5, 5.41) is 13.6. The number of carbonyl (C=O) groups is 2. The highest BCUT2D eigenvalue weighted by Gasteiger charge is 2.45. The summed E-state index contributed by atoms with van der Waals surface area (Å²) in [4.78, 5) is 28.7. The molecule has 1 unspecified atom stereocenters. The number of amides is 1. The molecular formula is C23H25ClN2O6. The van der Waals surface area contributed by atoms with E-state index in [9.17, 15) is 14.7 Å². The summed E-state index contributed by atoms with van der Waals surface area (Å²) in [7, 11) is 1.47. The van der Waals surface area contributed by atoms with Crippen LogP contribution < -0.4 is 14.7 Å². The van der Waals surface area contributed by atoms with Gasteiger partial charge in [-0.2, -0.15) is 0 Å². The predicted octanol–water partition coefficient (Wildman–Crippen LogP) is 0.471. The van der Waals surface area contributed by atoms with Crippen LogP contribution in [0.3, 0.4) is 0 Å². The van der Waals surface area contributed by atoms with Crippen LogP contribution in [0.5, 0.6) is 5.75 Å². The molecule has 9 heteroatoms. The van der Waals surface area contributed by atoms with Gasteiger partial charge in [0.25, 0.3) is 5.91 Å². The highest BCUT2D eigenvalue weighted by molar-refractivity contribution is 6.46. The summed E-state index contributed by atoms with van der Waals surface area (Å²) in [6.45, 7) is 4.49. The Kier molecular flexibility index (Phi) is 6.83. The highest BCUT2D eigenvalue weighted by Crippen LogP contribution is 2.39. The van der Waals surface area contributed by atoms with Gasteiger partial charge in [-0.3, -0.25) is 9.59 Å². The molecule has 32 heavy (non-hydrogen) atoms. The van der Waals surface area contributed by atoms with E-state index in [1.54, 1.807) is 18.2 Å². The van der Waals surface area contributed by atoms with Crippen LogP contribution in [0.25, 0.3) is 5.76 Å². The average molecular weight is 461 g/mol. The van der Waals surface area contributed by atoms with Crippen molar-refractivity contribution >= 4 is 29.1 Å². The molecule has 0 spiro atoms. The molecule has 0 saturated carbocycles. The molecule has 2 fully saturated rings. The van der Waals surface area contributed by atoms with Crippen LogP contribution in [0, 0.1) is 0 Å². The Morgan fingerprint density at radius 1 is 1.28 bits per heavy atom. The van der Waals surface area contributed by atoms with E-state index in [0.717, 1.165) is 32.8 Å². The van der Waals surface area contributed by atoms with Gasteiger partial charge in [0.2, 0.25) is 5.78 Å². The Morgan fingerprint density at radius 2 is 2.06 bits per heavy atom. The lowest BCUT2D eigenvalue weighted by Gasteiger charge is -2.27. The monoisotopic (exact) mass is 460 g/mol. The van der Waals surface area contributed by atoms with Gasteiger partial charge in [0.05, 0.1) is 38.2 Å². The largest absolute Gasteiger partial charge is 0.872 e. The zero-order valence-corrected chi connectivity index (χ0v) is 18.5. The van der Waals surface area contributed by atoms with Crippen molar-refractivity contribution in [1.29, 1.82) is 0 Å². The molecule has 3 heterocycles. The Balaban J connectivity index is 1.63. The number of likely N-dealkylation sites (tertiary alicyclic amines) is 1. The third-order valence-electron chi connectivity index (χ3n) is 5.89. The van der Waals surface area contributed by atoms with E-state index in [4.69, 9.17) is 25.5 Å². The molecule has 0 bridgehead atoms. The number of Topliss-reactive ketones (excluding diaryl/α,β-unsaturated/α-hetero) is 1. The Morgan fingerprint density at radius 3 is 2.72 bits per heavy atom. The SMILES string of the molecule is COc1ccc(/C([O-])=C2\C(=O)C(=O)N(CCC[NH+]3CCOCC3)C2c2ccco2)cc1Cl. The van der Waals surface area contributed by atoms with Gasteiger partial charge >= 0.3 is 0 Å². The number of nitrogens with zero attached hydrogens (tertiary/aromatic N) is 1. The van der Waals surface area contributed by atoms with Crippen LogP contribution >= 0.6 is 11.6 Å². The minimum atomic E-state index is -0.863. The summed E-state index contributed by atoms with van der Waals surface area (Å²) < 4.78 is 16.0. The number of benzene rings is 1. The molecule has 4 rings (SSSR count). The number of methoxy groups -OCH3 is 1. The van der Waals surface area contributed by atoms with Gasteiger partial charge in [-0.1, -0.05) is 23.4 Å². The summed E-state index contributed by atoms with van der Waals surface area (Å²) >= 11 is 6.17. The quantitative estimate of drug-likeness (QED) is 0.366. The number of ether oxygens (including phenoxy) is 2. The molecule has 2 aliphatic rings. The van der Waals surface area contributed by atoms with Crippen LogP contribution in [-0.4, -0.2) is 63.1 Å². The number of hydrogen-bond acceptors (Lipinski definition) is 6. The predicted molar refractivity (Wildman–Crippen MR) is 114 cm³/mol. The van der Waals surface area contributed by atoms with Crippen molar-refractivity contribution in [2.45, 2.75) is 12.5 Å². The van der Waals surface area contributed by atoms with Gasteiger partial charge in [0, 0.05) is 18.5 Å². The van der Waals surface area contributed by atoms with Crippen molar-refractivity contribution in [3.05, 3.63) is 58.5 Å². The number of nitrogens with one attached hydrogen (secondary N) is 1. The zero-order valence-electron chi connectivity index (χ0n) is 17.8. The van der Waals surface area contributed by atoms with E-state index >= 15 is 0 Å². The summed E-state index contributed by atoms with van der Waals surface area (Å²) in [6.07, 6.45) is 2.16. The van der Waals surface area contributed by atoms with Crippen LogP contribution in [0.4, 0.5) is 0 Å². The number of rotatable bonds is 7. The molecule has 1 aromatic carbocycles. The first-order valence-corrected chi connectivity index (χ1v) is 10.9. The molecular weight excluding hydrogens is 436 g/mol. The fourth-order valence-electron chi connectivity index (χ4n) is 4.22. The normalized spacial score (nSPS) is 21.3. The maximum atomic E-state index is 13.3. The number of hydrogen-bond donors (Lipinski definition) is 1. The van der Waals surface area contributed by atoms with Crippen molar-refractivity contribution in [1.82, 2.24) is 4.90 Å². The van der Waals surface area contributed by atoms with Crippen molar-refractivity contribution in [2.24, 2.45) is 0 Å². The first kappa shape index (κ1) is 22.4. The molecule has 8 nitrogen and oxygen atoms in total. The highest BCUT2D eigenvalue weighted by atomic mass is 35.5. The summed E-state index contributed by atoms with van der Waals surface area (Å²) in [5.74, 6) is -1.24. The van der Waals surface area contributed by atoms with Gasteiger partial charge in [-0.05, 0) is 29.8 Å². The molecule has 170 valence electrons. The van der Waals surface area contributed by atoms with Gasteiger partial charge < -0.3 is 28.8 Å². The van der Waals surface area contributed by atoms with Crippen molar-refractivity contribution < 1.29 is 33.5 Å². The van der Waals surface area contributed by atoms with Crippen molar-refractivity contribution in [3.63, 3.8) is 0 Å². The maximum Gasteiger partial charge on any atom is 0.295 e. The Bertz CT molecular complexity index is 1010. The standard InChI is InChI=1S/C23H25ClN2O6/c1-30-17-6-5-15(14-16(17)24)21(27)19-20(18-4-2-11-32-18)26(23(29)22(19)28)8-3-7-25-9-12-31-13-10-25/h2,4-6,11,14,20,27H,3,7-10,12-13H2,1H3/b21-19+. The number of halogens is 1. The fraction of sp³-hybridized carbons (Fsp3) is 0.391. The lowest BCUT2D eigenvalue weighted by Crippen LogP contribution is -3.14. The molecule has 1 atom stereocenters. The number of carbonyl (C=O) groups excluding carboxylic acids is 2. The average Bonchev–Trinajstić information content (AvgIpc) is 3.42. The maximum absolute atomic E-state index is 13.3. The van der Waals surface area contributed by atoms with Crippen LogP contribution in [0.2, 0.25) is 5.02 Å². The molecule has 1 amide bonds. The Labute approximate surface area is 190 Å². The molecule has 0 radical (unpaired) electrons. The number of ketones is 1. The second-order valence-corrected chi connectivity index (χ2v) is 8.21. The molecule has 2 aliphatic heterocycles. The van der Waals surface area contributed by atoms with Gasteiger partial charge in [-0.15, -0.1) is 0 Å². The van der Waals surface area contributed by atoms with Crippen LogP contribution in [-0.2, 0) is 14.3 Å². The topological polar surface area (TPSA) is 96.5 Å². The third-order valence-corrected chi connectivity index (χ3v) is 6.18. The number of morpholine rings is 1. The minimum absolute atomic E-state index is 0.120. The van der Waals surface area contributed by atoms with E-state index < -0.39 is 23.5 Å². The summed E-state index contributed by atoms with van der Waals surface area (Å²) in [6, 6.07) is 7.01. The lowest BCUT2D eigenvalue weighted by atomic mass is 9.99. The van der Waals surface area contributed by atoms with Gasteiger partial charge in [0.15, 0.2) is 0 Å². The van der Waals surface area contributed by atoms with Crippen molar-refractivity contribution in [3.8, 4) is 5.75 Å². The van der Waals surface area contributed by atoms with Crippen LogP contribution in [0.15, 0.2) is 46.6 Å². The smallest absolute Gasteiger partial charge is 0.295 e.